The highest BCUT2D eigenvalue weighted by Gasteiger charge is 1.80. The van der Waals surface area contributed by atoms with Gasteiger partial charge in [-0.1, -0.05) is 0 Å². The molecule has 0 rings (SSSR count). The van der Waals surface area contributed by atoms with E-state index in [0.29, 0.717) is 13.1 Å². The molecule has 50 valence electrons. The maximum absolute atomic E-state index is 10.1. The molecule has 0 bridgehead atoms. The summed E-state index contributed by atoms with van der Waals surface area (Å²) in [4.78, 5) is 0. The summed E-state index contributed by atoms with van der Waals surface area (Å²) >= 11 is -1.09. The number of hydrogen-bond acceptors (Lipinski definition) is 3. The predicted molar refractivity (Wildman–Crippen MR) is 38.7 cm³/mol. The molecule has 0 amide bonds. The van der Waals surface area contributed by atoms with Gasteiger partial charge in [0.15, 0.2) is 0 Å². The van der Waals surface area contributed by atoms with Gasteiger partial charge in [0.1, 0.15) is 0 Å². The maximum Gasteiger partial charge on any atom is 0.236 e. The first-order chi connectivity index (χ1) is 3.77. The van der Waals surface area contributed by atoms with Gasteiger partial charge in [-0.05, 0) is 13.6 Å². The summed E-state index contributed by atoms with van der Waals surface area (Å²) in [5.41, 5.74) is 0. The van der Waals surface area contributed by atoms with E-state index in [1.807, 2.05) is 0 Å². The molecule has 0 aliphatic heterocycles. The van der Waals surface area contributed by atoms with Crippen molar-refractivity contribution in [2.75, 3.05) is 20.1 Å². The van der Waals surface area contributed by atoms with Crippen LogP contribution in [0.15, 0.2) is 0 Å². The Morgan fingerprint density at radius 1 is 1.88 bits per heavy atom. The Balaban J connectivity index is 2.81. The molecule has 0 spiro atoms. The van der Waals surface area contributed by atoms with Crippen LogP contribution < -0.4 is 3.53 Å². The summed E-state index contributed by atoms with van der Waals surface area (Å²) in [6.45, 7) is 0.929. The first-order valence-corrected chi connectivity index (χ1v) is 4.10. The monoisotopic (exact) mass is 231 g/mol. The van der Waals surface area contributed by atoms with Crippen molar-refractivity contribution < 1.29 is 3.07 Å². The lowest BCUT2D eigenvalue weighted by atomic mass is 10.7. The zero-order chi connectivity index (χ0) is 6.41. The second-order valence-electron chi connectivity index (χ2n) is 1.31. The van der Waals surface area contributed by atoms with Crippen LogP contribution in [-0.4, -0.2) is 25.2 Å². The third-order valence-electron chi connectivity index (χ3n) is 0.576. The number of halogens is 1. The van der Waals surface area contributed by atoms with E-state index in [1.165, 1.54) is 7.05 Å². The Hall–Kier alpha value is 0.410. The second kappa shape index (κ2) is 5.54. The second-order valence-corrected chi connectivity index (χ2v) is 2.52. The molecule has 0 radical (unpaired) electrons. The molecule has 0 atom stereocenters. The average molecular weight is 231 g/mol. The van der Waals surface area contributed by atoms with E-state index in [-0.39, 0.29) is 0 Å². The molecule has 1 N–H and O–H groups in total. The number of nitrogens with one attached hydrogen (secondary N) is 1. The zero-order valence-electron chi connectivity index (χ0n) is 4.56. The molecule has 5 heteroatoms. The van der Waals surface area contributed by atoms with Gasteiger partial charge in [-0.3, -0.25) is 3.07 Å². The van der Waals surface area contributed by atoms with Crippen molar-refractivity contribution in [2.24, 2.45) is 0 Å². The largest absolute Gasteiger partial charge is 0.785 e. The van der Waals surface area contributed by atoms with Crippen molar-refractivity contribution in [3.05, 3.63) is 5.21 Å². The topological polar surface area (TPSA) is 55.4 Å². The van der Waals surface area contributed by atoms with Crippen LogP contribution in [0.5, 0.6) is 0 Å². The van der Waals surface area contributed by atoms with E-state index in [9.17, 15) is 8.28 Å². The van der Waals surface area contributed by atoms with Crippen molar-refractivity contribution in [3.63, 3.8) is 0 Å². The molecule has 0 aliphatic rings. The van der Waals surface area contributed by atoms with Crippen LogP contribution >= 0.6 is 21.5 Å². The highest BCUT2D eigenvalue weighted by Crippen LogP contribution is 1.80. The third-order valence-corrected chi connectivity index (χ3v) is 1.43. The van der Waals surface area contributed by atoms with Gasteiger partial charge in [-0.25, -0.2) is 3.53 Å². The van der Waals surface area contributed by atoms with Crippen LogP contribution in [0.3, 0.4) is 0 Å². The van der Waals surface area contributed by atoms with Crippen molar-refractivity contribution in [1.29, 1.82) is 0 Å². The highest BCUT2D eigenvalue weighted by molar-refractivity contribution is 14.1. The molecule has 0 aromatic carbocycles. The Labute approximate surface area is 58.8 Å². The van der Waals surface area contributed by atoms with E-state index < -0.39 is 21.5 Å². The molecule has 0 aliphatic carbocycles. The molecule has 8 heavy (non-hydrogen) atoms. The lowest BCUT2D eigenvalue weighted by molar-refractivity contribution is 0.466. The van der Waals surface area contributed by atoms with Crippen molar-refractivity contribution in [2.45, 2.75) is 0 Å². The summed E-state index contributed by atoms with van der Waals surface area (Å²) in [5, 5.41) is 10.9. The van der Waals surface area contributed by atoms with Gasteiger partial charge in [-0.15, -0.1) is 0 Å². The molecular formula is C3H8IN2O2-. The van der Waals surface area contributed by atoms with Gasteiger partial charge in [0.05, 0.1) is 0 Å². The van der Waals surface area contributed by atoms with Crippen LogP contribution in [0.4, 0.5) is 0 Å². The molecule has 0 heterocycles. The number of hydrogen-bond donors (Lipinski definition) is 1. The van der Waals surface area contributed by atoms with Crippen molar-refractivity contribution >= 4 is 21.5 Å². The minimum Gasteiger partial charge on any atom is -0.785 e. The van der Waals surface area contributed by atoms with Crippen molar-refractivity contribution in [3.8, 4) is 0 Å². The number of likely N-dealkylation sites (N-methyl/N-ethyl adjacent to an activating group) is 1. The fraction of sp³-hybridized carbons (Fsp3) is 1.00. The SMILES string of the molecule is CN([O-])CCNI=O. The Morgan fingerprint density at radius 3 is 2.88 bits per heavy atom. The van der Waals surface area contributed by atoms with Crippen LogP contribution in [0, 0.1) is 5.21 Å². The summed E-state index contributed by atoms with van der Waals surface area (Å²) in [7, 11) is 1.44. The van der Waals surface area contributed by atoms with E-state index in [1.54, 1.807) is 0 Å². The zero-order valence-corrected chi connectivity index (χ0v) is 6.71. The van der Waals surface area contributed by atoms with Gasteiger partial charge in [-0.2, -0.15) is 0 Å². The number of rotatable bonds is 4. The Kier molecular flexibility index (Phi) is 5.83. The van der Waals surface area contributed by atoms with Gasteiger partial charge in [0.25, 0.3) is 0 Å². The normalized spacial score (nSPS) is 10.4. The molecule has 0 aromatic heterocycles. The molecular weight excluding hydrogens is 223 g/mol. The minimum atomic E-state index is -1.09. The summed E-state index contributed by atoms with van der Waals surface area (Å²) in [5.74, 6) is 0. The lowest BCUT2D eigenvalue weighted by Crippen LogP contribution is -2.19. The fourth-order valence-electron chi connectivity index (χ4n) is 0.238. The van der Waals surface area contributed by atoms with Crippen molar-refractivity contribution in [1.82, 2.24) is 8.59 Å². The van der Waals surface area contributed by atoms with Gasteiger partial charge in [0, 0.05) is 6.54 Å². The summed E-state index contributed by atoms with van der Waals surface area (Å²) in [6, 6.07) is 0. The van der Waals surface area contributed by atoms with E-state index in [0.717, 1.165) is 5.06 Å². The molecule has 0 saturated heterocycles. The predicted octanol–water partition coefficient (Wildman–Crippen LogP) is 0.237. The van der Waals surface area contributed by atoms with E-state index in [4.69, 9.17) is 0 Å². The molecule has 4 nitrogen and oxygen atoms in total. The molecule has 0 aromatic rings. The van der Waals surface area contributed by atoms with Gasteiger partial charge >= 0.3 is 0 Å². The van der Waals surface area contributed by atoms with E-state index in [2.05, 4.69) is 3.53 Å². The summed E-state index contributed by atoms with van der Waals surface area (Å²) < 4.78 is 12.4. The van der Waals surface area contributed by atoms with Crippen LogP contribution in [-0.2, 0) is 3.07 Å². The van der Waals surface area contributed by atoms with Crippen LogP contribution in [0.2, 0.25) is 0 Å². The highest BCUT2D eigenvalue weighted by atomic mass is 127. The molecule has 0 saturated carbocycles. The Morgan fingerprint density at radius 2 is 2.50 bits per heavy atom. The number of hydroxylamine groups is 2. The van der Waals surface area contributed by atoms with Crippen LogP contribution in [0.25, 0.3) is 0 Å². The van der Waals surface area contributed by atoms with E-state index >= 15 is 0 Å². The third kappa shape index (κ3) is 6.41. The van der Waals surface area contributed by atoms with Gasteiger partial charge < -0.3 is 10.3 Å². The first-order valence-electron chi connectivity index (χ1n) is 2.14. The quantitative estimate of drug-likeness (QED) is 0.326. The average Bonchev–Trinajstić information content (AvgIpc) is 1.66. The first kappa shape index (κ1) is 8.41. The fourth-order valence-corrected chi connectivity index (χ4v) is 0.700. The van der Waals surface area contributed by atoms with Gasteiger partial charge in [0.2, 0.25) is 21.5 Å². The smallest absolute Gasteiger partial charge is 0.236 e. The standard InChI is InChI=1S/C3H8IN2O2/c1-6(8)3-2-5-4-7/h2-3H2,1H3,(H,5,7)/q-1. The Bertz CT molecular complexity index is 68.3. The number of nitrogens with zero attached hydrogens (tertiary/aromatic N) is 1. The summed E-state index contributed by atoms with van der Waals surface area (Å²) in [6.07, 6.45) is 0. The maximum atomic E-state index is 10.1. The minimum absolute atomic E-state index is 0.405. The molecule has 0 unspecified atom stereocenters. The molecule has 0 fully saturated rings. The lowest BCUT2D eigenvalue weighted by Gasteiger charge is -2.20. The van der Waals surface area contributed by atoms with Crippen LogP contribution in [0.1, 0.15) is 0 Å².